The van der Waals surface area contributed by atoms with E-state index >= 15 is 0 Å². The average molecular weight is 432 g/mol. The standard InChI is InChI=1S/C28H53N3/c1-27-16-7-6-10-22(27)11-12-23-24-13-14-26(28(24,2)17-15-25(23)27)29-18-8-20-31(5)21-9-19-30(3)4/h22-26,29H,6-21H2,1-5H3/t22-,23?,24?,25?,26+,27+,28+/m1/s1. The molecule has 0 aromatic rings. The van der Waals surface area contributed by atoms with E-state index < -0.39 is 0 Å². The maximum atomic E-state index is 4.08. The van der Waals surface area contributed by atoms with Crippen LogP contribution in [0.3, 0.4) is 0 Å². The van der Waals surface area contributed by atoms with Gasteiger partial charge in [0.15, 0.2) is 0 Å². The number of hydrogen-bond acceptors (Lipinski definition) is 3. The largest absolute Gasteiger partial charge is 0.313 e. The molecule has 4 aliphatic rings. The van der Waals surface area contributed by atoms with Gasteiger partial charge in [-0.3, -0.25) is 0 Å². The Labute approximate surface area is 194 Å². The van der Waals surface area contributed by atoms with Crippen molar-refractivity contribution >= 4 is 0 Å². The quantitative estimate of drug-likeness (QED) is 0.476. The molecule has 7 atom stereocenters. The second-order valence-electron chi connectivity index (χ2n) is 12.8. The molecule has 4 aliphatic carbocycles. The molecule has 3 nitrogen and oxygen atoms in total. The van der Waals surface area contributed by atoms with E-state index in [1.54, 1.807) is 12.8 Å². The lowest BCUT2D eigenvalue weighted by atomic mass is 9.45. The summed E-state index contributed by atoms with van der Waals surface area (Å²) in [6.07, 6.45) is 17.7. The smallest absolute Gasteiger partial charge is 0.0124 e. The Balaban J connectivity index is 1.26. The van der Waals surface area contributed by atoms with Gasteiger partial charge in [0, 0.05) is 6.04 Å². The Morgan fingerprint density at radius 3 is 2.32 bits per heavy atom. The van der Waals surface area contributed by atoms with Crippen molar-refractivity contribution in [3.8, 4) is 0 Å². The van der Waals surface area contributed by atoms with Gasteiger partial charge >= 0.3 is 0 Å². The van der Waals surface area contributed by atoms with Gasteiger partial charge in [-0.2, -0.15) is 0 Å². The van der Waals surface area contributed by atoms with Crippen molar-refractivity contribution in [2.45, 2.75) is 96.9 Å². The van der Waals surface area contributed by atoms with Crippen LogP contribution < -0.4 is 5.32 Å². The first-order valence-electron chi connectivity index (χ1n) is 13.9. The van der Waals surface area contributed by atoms with Crippen molar-refractivity contribution in [3.63, 3.8) is 0 Å². The second kappa shape index (κ2) is 10.0. The zero-order valence-electron chi connectivity index (χ0n) is 21.6. The average Bonchev–Trinajstić information content (AvgIpc) is 3.07. The fourth-order valence-corrected chi connectivity index (χ4v) is 9.02. The summed E-state index contributed by atoms with van der Waals surface area (Å²) in [6.45, 7) is 10.3. The van der Waals surface area contributed by atoms with Gasteiger partial charge in [-0.15, -0.1) is 0 Å². The monoisotopic (exact) mass is 431 g/mol. The number of nitrogens with one attached hydrogen (secondary N) is 1. The lowest BCUT2D eigenvalue weighted by Gasteiger charge is -2.60. The fraction of sp³-hybridized carbons (Fsp3) is 1.00. The summed E-state index contributed by atoms with van der Waals surface area (Å²) < 4.78 is 0. The molecular formula is C28H53N3. The number of rotatable bonds is 9. The maximum Gasteiger partial charge on any atom is 0.0124 e. The Hall–Kier alpha value is -0.120. The molecule has 1 N–H and O–H groups in total. The Morgan fingerprint density at radius 2 is 1.52 bits per heavy atom. The zero-order chi connectivity index (χ0) is 22.1. The summed E-state index contributed by atoms with van der Waals surface area (Å²) in [6, 6.07) is 0.773. The van der Waals surface area contributed by atoms with Gasteiger partial charge in [0.2, 0.25) is 0 Å². The molecule has 0 spiro atoms. The van der Waals surface area contributed by atoms with Gasteiger partial charge in [0.25, 0.3) is 0 Å². The van der Waals surface area contributed by atoms with Crippen molar-refractivity contribution < 1.29 is 0 Å². The molecule has 0 heterocycles. The SMILES string of the molecule is CN(C)CCCN(C)CCCN[C@H]1CCC2C3CC[C@H]4CCCC[C@]4(C)C3CC[C@@]21C. The summed E-state index contributed by atoms with van der Waals surface area (Å²) in [5.74, 6) is 4.13. The van der Waals surface area contributed by atoms with Crippen LogP contribution in [0.1, 0.15) is 90.9 Å². The van der Waals surface area contributed by atoms with Crippen LogP contribution in [0.4, 0.5) is 0 Å². The van der Waals surface area contributed by atoms with Crippen molar-refractivity contribution in [2.75, 3.05) is 47.3 Å². The van der Waals surface area contributed by atoms with Gasteiger partial charge in [0.1, 0.15) is 0 Å². The molecule has 0 aliphatic heterocycles. The Kier molecular flexibility index (Phi) is 7.76. The highest BCUT2D eigenvalue weighted by atomic mass is 15.1. The molecule has 0 saturated heterocycles. The zero-order valence-corrected chi connectivity index (χ0v) is 21.6. The van der Waals surface area contributed by atoms with E-state index in [0.717, 1.165) is 29.7 Å². The molecular weight excluding hydrogens is 378 g/mol. The predicted molar refractivity (Wildman–Crippen MR) is 133 cm³/mol. The summed E-state index contributed by atoms with van der Waals surface area (Å²) >= 11 is 0. The highest BCUT2D eigenvalue weighted by molar-refractivity contribution is 5.10. The van der Waals surface area contributed by atoms with E-state index in [2.05, 4.69) is 50.1 Å². The first kappa shape index (κ1) is 24.0. The van der Waals surface area contributed by atoms with Crippen LogP contribution in [0.15, 0.2) is 0 Å². The van der Waals surface area contributed by atoms with Crippen LogP contribution in [-0.2, 0) is 0 Å². The van der Waals surface area contributed by atoms with E-state index in [1.165, 1.54) is 90.4 Å². The fourth-order valence-electron chi connectivity index (χ4n) is 9.02. The molecule has 0 aromatic carbocycles. The summed E-state index contributed by atoms with van der Waals surface area (Å²) in [7, 11) is 6.65. The van der Waals surface area contributed by atoms with Gasteiger partial charge < -0.3 is 15.1 Å². The predicted octanol–water partition coefficient (Wildman–Crippen LogP) is 5.65. The van der Waals surface area contributed by atoms with Gasteiger partial charge in [0.05, 0.1) is 0 Å². The van der Waals surface area contributed by atoms with Gasteiger partial charge in [-0.25, -0.2) is 0 Å². The van der Waals surface area contributed by atoms with Crippen LogP contribution >= 0.6 is 0 Å². The summed E-state index contributed by atoms with van der Waals surface area (Å²) in [5, 5.41) is 4.08. The third-order valence-electron chi connectivity index (χ3n) is 10.8. The highest BCUT2D eigenvalue weighted by Crippen LogP contribution is 2.66. The van der Waals surface area contributed by atoms with E-state index in [4.69, 9.17) is 0 Å². The summed E-state index contributed by atoms with van der Waals surface area (Å²) in [4.78, 5) is 4.82. The van der Waals surface area contributed by atoms with Crippen LogP contribution in [0.5, 0.6) is 0 Å². The molecule has 0 amide bonds. The third-order valence-corrected chi connectivity index (χ3v) is 10.8. The molecule has 4 fully saturated rings. The second-order valence-corrected chi connectivity index (χ2v) is 12.8. The molecule has 4 saturated carbocycles. The lowest BCUT2D eigenvalue weighted by molar-refractivity contribution is -0.107. The number of nitrogens with zero attached hydrogens (tertiary/aromatic N) is 2. The van der Waals surface area contributed by atoms with E-state index in [0.29, 0.717) is 10.8 Å². The maximum absolute atomic E-state index is 4.08. The normalized spacial score (nSPS) is 42.5. The molecule has 4 rings (SSSR count). The number of fused-ring (bicyclic) bond motifs is 5. The van der Waals surface area contributed by atoms with Crippen LogP contribution in [0.25, 0.3) is 0 Å². The Bertz CT molecular complexity index is 577. The topological polar surface area (TPSA) is 18.5 Å². The molecule has 180 valence electrons. The van der Waals surface area contributed by atoms with E-state index in [-0.39, 0.29) is 0 Å². The molecule has 3 heteroatoms. The van der Waals surface area contributed by atoms with Crippen LogP contribution in [0.2, 0.25) is 0 Å². The Morgan fingerprint density at radius 1 is 0.742 bits per heavy atom. The minimum Gasteiger partial charge on any atom is -0.313 e. The van der Waals surface area contributed by atoms with Crippen molar-refractivity contribution in [3.05, 3.63) is 0 Å². The minimum atomic E-state index is 0.566. The van der Waals surface area contributed by atoms with Crippen molar-refractivity contribution in [2.24, 2.45) is 34.5 Å². The highest BCUT2D eigenvalue weighted by Gasteiger charge is 2.59. The molecule has 0 radical (unpaired) electrons. The molecule has 0 aromatic heterocycles. The van der Waals surface area contributed by atoms with E-state index in [1.807, 2.05) is 0 Å². The molecule has 3 unspecified atom stereocenters. The lowest BCUT2D eigenvalue weighted by Crippen LogP contribution is -2.55. The van der Waals surface area contributed by atoms with Crippen LogP contribution in [0, 0.1) is 34.5 Å². The first-order chi connectivity index (χ1) is 14.8. The molecule has 31 heavy (non-hydrogen) atoms. The summed E-state index contributed by atoms with van der Waals surface area (Å²) in [5.41, 5.74) is 1.25. The van der Waals surface area contributed by atoms with Crippen molar-refractivity contribution in [1.82, 2.24) is 15.1 Å². The van der Waals surface area contributed by atoms with Gasteiger partial charge in [-0.05, 0) is 146 Å². The van der Waals surface area contributed by atoms with E-state index in [9.17, 15) is 0 Å². The first-order valence-corrected chi connectivity index (χ1v) is 13.9. The minimum absolute atomic E-state index is 0.566. The third kappa shape index (κ3) is 4.90. The van der Waals surface area contributed by atoms with Crippen molar-refractivity contribution in [1.29, 1.82) is 0 Å². The van der Waals surface area contributed by atoms with Gasteiger partial charge in [-0.1, -0.05) is 26.7 Å². The number of hydrogen-bond donors (Lipinski definition) is 1. The molecule has 0 bridgehead atoms. The van der Waals surface area contributed by atoms with Crippen LogP contribution in [-0.4, -0.2) is 63.2 Å².